The van der Waals surface area contributed by atoms with Crippen molar-refractivity contribution in [2.75, 3.05) is 0 Å². The van der Waals surface area contributed by atoms with Gasteiger partial charge in [-0.15, -0.1) is 11.3 Å². The molecule has 0 saturated heterocycles. The molecule has 0 atom stereocenters. The molecule has 5 aromatic rings. The number of nitrogens with zero attached hydrogens (tertiary/aromatic N) is 2. The number of benzene rings is 3. The molecule has 0 aliphatic heterocycles. The van der Waals surface area contributed by atoms with E-state index in [4.69, 9.17) is 9.97 Å². The average Bonchev–Trinajstić information content (AvgIpc) is 3.36. The second kappa shape index (κ2) is 8.88. The zero-order chi connectivity index (χ0) is 22.8. The summed E-state index contributed by atoms with van der Waals surface area (Å²) in [4.78, 5) is 23.2. The van der Waals surface area contributed by atoms with Gasteiger partial charge in [0.1, 0.15) is 11.6 Å². The first-order valence-corrected chi connectivity index (χ1v) is 11.1. The lowest BCUT2D eigenvalue weighted by atomic mass is 10.0. The van der Waals surface area contributed by atoms with Gasteiger partial charge in [-0.2, -0.15) is 0 Å². The minimum Gasteiger partial charge on any atom is -0.347 e. The fraction of sp³-hybridized carbons (Fsp3) is 0.0385. The number of carbonyl (C=O) groups is 1. The maximum Gasteiger partial charge on any atom is 0.251 e. The summed E-state index contributed by atoms with van der Waals surface area (Å²) in [6.45, 7) is 0.449. The third-order valence-electron chi connectivity index (χ3n) is 5.17. The number of carbonyl (C=O) groups excluding carboxylic acids is 1. The van der Waals surface area contributed by atoms with E-state index in [2.05, 4.69) is 5.32 Å². The number of hydrogen-bond donors (Lipinski definition) is 1. The molecule has 3 aromatic carbocycles. The van der Waals surface area contributed by atoms with E-state index in [0.717, 1.165) is 4.88 Å². The van der Waals surface area contributed by atoms with Crippen molar-refractivity contribution in [2.24, 2.45) is 0 Å². The molecular formula is C26H17F2N3OS. The third kappa shape index (κ3) is 4.49. The van der Waals surface area contributed by atoms with Crippen LogP contribution in [-0.2, 0) is 6.54 Å². The predicted octanol–water partition coefficient (Wildman–Crippen LogP) is 6.23. The van der Waals surface area contributed by atoms with Gasteiger partial charge in [-0.3, -0.25) is 4.79 Å². The first-order valence-electron chi connectivity index (χ1n) is 10.2. The van der Waals surface area contributed by atoms with E-state index in [9.17, 15) is 13.6 Å². The molecule has 0 aliphatic rings. The van der Waals surface area contributed by atoms with Crippen molar-refractivity contribution in [1.29, 1.82) is 0 Å². The highest BCUT2D eigenvalue weighted by Gasteiger charge is 2.15. The van der Waals surface area contributed by atoms with Crippen LogP contribution in [0.15, 0.2) is 84.2 Å². The standard InChI is InChI=1S/C26H17F2N3OS/c27-19-8-3-16(4-9-19)24-25(17-5-10-20(28)11-6-17)31-23-14-18(7-12-22(23)30-24)26(32)29-15-21-2-1-13-33-21/h1-14H,15H2,(H,29,32). The van der Waals surface area contributed by atoms with Gasteiger partial charge in [0.25, 0.3) is 5.91 Å². The highest BCUT2D eigenvalue weighted by atomic mass is 32.1. The highest BCUT2D eigenvalue weighted by Crippen LogP contribution is 2.31. The molecule has 0 saturated carbocycles. The molecule has 0 unspecified atom stereocenters. The number of aromatic nitrogens is 2. The van der Waals surface area contributed by atoms with Crippen LogP contribution in [0.5, 0.6) is 0 Å². The fourth-order valence-corrected chi connectivity index (χ4v) is 4.14. The largest absolute Gasteiger partial charge is 0.347 e. The van der Waals surface area contributed by atoms with Crippen LogP contribution in [0.3, 0.4) is 0 Å². The number of nitrogens with one attached hydrogen (secondary N) is 1. The van der Waals surface area contributed by atoms with Crippen LogP contribution in [0.1, 0.15) is 15.2 Å². The summed E-state index contributed by atoms with van der Waals surface area (Å²) >= 11 is 1.58. The van der Waals surface area contributed by atoms with Gasteiger partial charge < -0.3 is 5.32 Å². The Balaban J connectivity index is 1.57. The van der Waals surface area contributed by atoms with Gasteiger partial charge in [0.15, 0.2) is 0 Å². The maximum atomic E-state index is 13.5. The SMILES string of the molecule is O=C(NCc1cccs1)c1ccc2nc(-c3ccc(F)cc3)c(-c3ccc(F)cc3)nc2c1. The molecule has 1 N–H and O–H groups in total. The van der Waals surface area contributed by atoms with Gasteiger partial charge in [-0.25, -0.2) is 18.7 Å². The van der Waals surface area contributed by atoms with Gasteiger partial charge >= 0.3 is 0 Å². The molecule has 5 rings (SSSR count). The molecule has 162 valence electrons. The average molecular weight is 458 g/mol. The van der Waals surface area contributed by atoms with Gasteiger partial charge in [0, 0.05) is 21.6 Å². The lowest BCUT2D eigenvalue weighted by molar-refractivity contribution is 0.0951. The molecule has 0 spiro atoms. The first kappa shape index (κ1) is 20.9. The summed E-state index contributed by atoms with van der Waals surface area (Å²) in [7, 11) is 0. The van der Waals surface area contributed by atoms with Crippen LogP contribution in [0, 0.1) is 11.6 Å². The van der Waals surface area contributed by atoms with E-state index in [1.165, 1.54) is 24.3 Å². The predicted molar refractivity (Wildman–Crippen MR) is 126 cm³/mol. The number of thiophene rings is 1. The Bertz CT molecular complexity index is 1430. The number of halogens is 2. The molecule has 0 fully saturated rings. The number of hydrogen-bond acceptors (Lipinski definition) is 4. The second-order valence-electron chi connectivity index (χ2n) is 7.40. The summed E-state index contributed by atoms with van der Waals surface area (Å²) in [6, 6.07) is 20.9. The monoisotopic (exact) mass is 457 g/mol. The van der Waals surface area contributed by atoms with E-state index >= 15 is 0 Å². The third-order valence-corrected chi connectivity index (χ3v) is 6.04. The van der Waals surface area contributed by atoms with E-state index in [0.29, 0.717) is 45.7 Å². The van der Waals surface area contributed by atoms with Crippen LogP contribution >= 0.6 is 11.3 Å². The van der Waals surface area contributed by atoms with Crippen LogP contribution in [0.2, 0.25) is 0 Å². The van der Waals surface area contributed by atoms with Gasteiger partial charge in [0.05, 0.1) is 29.0 Å². The van der Waals surface area contributed by atoms with Crippen molar-refractivity contribution >= 4 is 28.3 Å². The van der Waals surface area contributed by atoms with Crippen molar-refractivity contribution < 1.29 is 13.6 Å². The number of amides is 1. The Morgan fingerprint density at radius 3 is 1.97 bits per heavy atom. The summed E-state index contributed by atoms with van der Waals surface area (Å²) < 4.78 is 27.0. The van der Waals surface area contributed by atoms with Crippen LogP contribution in [0.4, 0.5) is 8.78 Å². The Morgan fingerprint density at radius 1 is 0.788 bits per heavy atom. The summed E-state index contributed by atoms with van der Waals surface area (Å²) in [5, 5.41) is 4.87. The van der Waals surface area contributed by atoms with Crippen molar-refractivity contribution in [1.82, 2.24) is 15.3 Å². The Labute approximate surface area is 192 Å². The quantitative estimate of drug-likeness (QED) is 0.340. The lowest BCUT2D eigenvalue weighted by Gasteiger charge is -2.12. The molecule has 4 nitrogen and oxygen atoms in total. The molecule has 7 heteroatoms. The van der Waals surface area contributed by atoms with E-state index in [1.807, 2.05) is 17.5 Å². The smallest absolute Gasteiger partial charge is 0.251 e. The van der Waals surface area contributed by atoms with E-state index < -0.39 is 0 Å². The molecule has 1 amide bonds. The van der Waals surface area contributed by atoms with Crippen molar-refractivity contribution in [3.8, 4) is 22.5 Å². The summed E-state index contributed by atoms with van der Waals surface area (Å²) in [5.41, 5.74) is 4.00. The van der Waals surface area contributed by atoms with Crippen LogP contribution in [0.25, 0.3) is 33.5 Å². The van der Waals surface area contributed by atoms with E-state index in [1.54, 1.807) is 53.8 Å². The molecule has 2 aromatic heterocycles. The topological polar surface area (TPSA) is 54.9 Å². The molecule has 0 aliphatic carbocycles. The zero-order valence-electron chi connectivity index (χ0n) is 17.3. The van der Waals surface area contributed by atoms with Crippen LogP contribution < -0.4 is 5.32 Å². The van der Waals surface area contributed by atoms with Crippen molar-refractivity contribution in [3.63, 3.8) is 0 Å². The Morgan fingerprint density at radius 2 is 1.39 bits per heavy atom. The lowest BCUT2D eigenvalue weighted by Crippen LogP contribution is -2.22. The number of rotatable bonds is 5. The first-order chi connectivity index (χ1) is 16.1. The second-order valence-corrected chi connectivity index (χ2v) is 8.43. The molecular weight excluding hydrogens is 440 g/mol. The summed E-state index contributed by atoms with van der Waals surface area (Å²) in [5.74, 6) is -0.924. The fourth-order valence-electron chi connectivity index (χ4n) is 3.50. The van der Waals surface area contributed by atoms with Crippen molar-refractivity contribution in [2.45, 2.75) is 6.54 Å². The van der Waals surface area contributed by atoms with Gasteiger partial charge in [-0.05, 0) is 78.2 Å². The molecule has 33 heavy (non-hydrogen) atoms. The van der Waals surface area contributed by atoms with Crippen LogP contribution in [-0.4, -0.2) is 15.9 Å². The Kier molecular flexibility index (Phi) is 5.62. The zero-order valence-corrected chi connectivity index (χ0v) is 18.1. The number of fused-ring (bicyclic) bond motifs is 1. The maximum absolute atomic E-state index is 13.5. The summed E-state index contributed by atoms with van der Waals surface area (Å²) in [6.07, 6.45) is 0. The Hall–Kier alpha value is -3.97. The minimum absolute atomic E-state index is 0.210. The van der Waals surface area contributed by atoms with E-state index in [-0.39, 0.29) is 17.5 Å². The minimum atomic E-state index is -0.361. The van der Waals surface area contributed by atoms with Gasteiger partial charge in [0.2, 0.25) is 0 Å². The van der Waals surface area contributed by atoms with Crippen molar-refractivity contribution in [3.05, 3.63) is 106 Å². The molecule has 0 bridgehead atoms. The highest BCUT2D eigenvalue weighted by molar-refractivity contribution is 7.09. The molecule has 0 radical (unpaired) electrons. The molecule has 2 heterocycles. The van der Waals surface area contributed by atoms with Gasteiger partial charge in [-0.1, -0.05) is 6.07 Å². The normalized spacial score (nSPS) is 11.0.